The molecule has 1 aromatic carbocycles. The van der Waals surface area contributed by atoms with Crippen molar-refractivity contribution in [2.75, 3.05) is 36.0 Å². The molecular weight excluding hydrogens is 513 g/mol. The molecule has 0 spiro atoms. The van der Waals surface area contributed by atoms with Crippen molar-refractivity contribution in [2.45, 2.75) is 51.2 Å². The Morgan fingerprint density at radius 2 is 1.43 bits per heavy atom. The van der Waals surface area contributed by atoms with E-state index in [1.54, 1.807) is 0 Å². The third-order valence-corrected chi connectivity index (χ3v) is 7.49. The molecule has 2 aromatic rings. The highest BCUT2D eigenvalue weighted by atomic mass is 31.2. The minimum atomic E-state index is -5.37. The van der Waals surface area contributed by atoms with Crippen LogP contribution in [-0.4, -0.2) is 65.4 Å². The maximum Gasteiger partial charge on any atom is 0.494 e. The van der Waals surface area contributed by atoms with E-state index in [9.17, 15) is 17.7 Å². The molecule has 2 aliphatic rings. The van der Waals surface area contributed by atoms with Gasteiger partial charge in [0.2, 0.25) is 6.10 Å². The second-order valence-corrected chi connectivity index (χ2v) is 11.3. The molecule has 9 nitrogen and oxygen atoms in total. The summed E-state index contributed by atoms with van der Waals surface area (Å²) in [6.07, 6.45) is -6.59. The molecule has 0 saturated carbocycles. The van der Waals surface area contributed by atoms with Gasteiger partial charge in [-0.2, -0.15) is 13.2 Å². The number of hydrogen-bond donors (Lipinski definition) is 2. The number of benzene rings is 1. The second-order valence-electron chi connectivity index (χ2n) is 10.1. The van der Waals surface area contributed by atoms with Crippen LogP contribution in [0.3, 0.4) is 0 Å². The molecule has 2 N–H and O–H groups in total. The number of halogens is 3. The predicted molar refractivity (Wildman–Crippen MR) is 133 cm³/mol. The summed E-state index contributed by atoms with van der Waals surface area (Å²) in [5, 5.41) is 0. The first kappa shape index (κ1) is 27.9. The van der Waals surface area contributed by atoms with Gasteiger partial charge in [0.1, 0.15) is 0 Å². The van der Waals surface area contributed by atoms with Crippen molar-refractivity contribution in [1.82, 2.24) is 4.98 Å². The van der Waals surface area contributed by atoms with E-state index >= 15 is 0 Å². The first-order valence-electron chi connectivity index (χ1n) is 11.8. The number of anilines is 2. The van der Waals surface area contributed by atoms with E-state index in [2.05, 4.69) is 14.4 Å². The van der Waals surface area contributed by atoms with E-state index in [0.29, 0.717) is 31.9 Å². The Morgan fingerprint density at radius 1 is 0.946 bits per heavy atom. The molecule has 2 fully saturated rings. The van der Waals surface area contributed by atoms with Gasteiger partial charge in [-0.25, -0.2) is 4.57 Å². The van der Waals surface area contributed by atoms with Gasteiger partial charge in [-0.15, -0.1) is 0 Å². The predicted octanol–water partition coefficient (Wildman–Crippen LogP) is 3.42. The molecule has 0 aliphatic carbocycles. The fourth-order valence-electron chi connectivity index (χ4n) is 4.20. The molecule has 1 atom stereocenters. The highest BCUT2D eigenvalue weighted by Crippen LogP contribution is 2.48. The van der Waals surface area contributed by atoms with Crippen LogP contribution < -0.4 is 15.3 Å². The van der Waals surface area contributed by atoms with Crippen LogP contribution in [0.15, 0.2) is 42.6 Å². The summed E-state index contributed by atoms with van der Waals surface area (Å²) in [5.74, 6) is 0. The lowest BCUT2D eigenvalue weighted by atomic mass is 9.79. The normalized spacial score (nSPS) is 20.8. The number of pyridine rings is 1. The van der Waals surface area contributed by atoms with Gasteiger partial charge in [0.05, 0.1) is 28.8 Å². The van der Waals surface area contributed by atoms with Crippen molar-refractivity contribution < 1.29 is 41.4 Å². The van der Waals surface area contributed by atoms with E-state index in [4.69, 9.17) is 19.1 Å². The summed E-state index contributed by atoms with van der Waals surface area (Å²) in [4.78, 5) is 25.7. The lowest BCUT2D eigenvalue weighted by Gasteiger charge is -2.37. The van der Waals surface area contributed by atoms with Crippen molar-refractivity contribution >= 4 is 31.8 Å². The lowest BCUT2D eigenvalue weighted by molar-refractivity contribution is -0.203. The number of phosphoric acid groups is 1. The zero-order valence-electron chi connectivity index (χ0n) is 21.0. The Kier molecular flexibility index (Phi) is 7.44. The maximum atomic E-state index is 13.2. The molecule has 14 heteroatoms. The molecule has 0 radical (unpaired) electrons. The third-order valence-electron chi connectivity index (χ3n) is 7.01. The van der Waals surface area contributed by atoms with Crippen LogP contribution >= 0.6 is 7.82 Å². The monoisotopic (exact) mass is 543 g/mol. The summed E-state index contributed by atoms with van der Waals surface area (Å²) in [6.45, 7) is 10.6. The highest BCUT2D eigenvalue weighted by molar-refractivity contribution is 7.46. The van der Waals surface area contributed by atoms with Crippen molar-refractivity contribution in [3.8, 4) is 0 Å². The molecule has 37 heavy (non-hydrogen) atoms. The highest BCUT2D eigenvalue weighted by Gasteiger charge is 2.51. The van der Waals surface area contributed by atoms with Gasteiger partial charge < -0.3 is 28.9 Å². The van der Waals surface area contributed by atoms with E-state index < -0.39 is 44.1 Å². The van der Waals surface area contributed by atoms with E-state index in [1.807, 2.05) is 56.9 Å². The van der Waals surface area contributed by atoms with E-state index in [-0.39, 0.29) is 0 Å². The minimum absolute atomic E-state index is 0.417. The van der Waals surface area contributed by atoms with E-state index in [1.165, 1.54) is 12.3 Å². The Labute approximate surface area is 213 Å². The van der Waals surface area contributed by atoms with Crippen LogP contribution in [0.2, 0.25) is 0 Å². The van der Waals surface area contributed by atoms with Crippen molar-refractivity contribution in [1.29, 1.82) is 0 Å². The van der Waals surface area contributed by atoms with Crippen LogP contribution in [0.4, 0.5) is 24.5 Å². The number of nitrogens with zero attached hydrogens (tertiary/aromatic N) is 3. The topological polar surface area (TPSA) is 105 Å². The van der Waals surface area contributed by atoms with Gasteiger partial charge >= 0.3 is 21.1 Å². The van der Waals surface area contributed by atoms with Crippen molar-refractivity contribution in [2.24, 2.45) is 0 Å². The fourth-order valence-corrected chi connectivity index (χ4v) is 4.70. The smallest absolute Gasteiger partial charge is 0.399 e. The quantitative estimate of drug-likeness (QED) is 0.419. The fraction of sp³-hybridized carbons (Fsp3) is 0.522. The van der Waals surface area contributed by atoms with Crippen LogP contribution in [0.1, 0.15) is 39.5 Å². The first-order chi connectivity index (χ1) is 17.1. The molecule has 3 heterocycles. The van der Waals surface area contributed by atoms with Gasteiger partial charge in [0.25, 0.3) is 0 Å². The zero-order chi connectivity index (χ0) is 27.2. The van der Waals surface area contributed by atoms with Gasteiger partial charge in [-0.3, -0.25) is 9.51 Å². The Hall–Kier alpha value is -2.15. The molecule has 0 bridgehead atoms. The molecule has 1 aromatic heterocycles. The van der Waals surface area contributed by atoms with Gasteiger partial charge in [0.15, 0.2) is 0 Å². The number of piperazine rings is 1. The first-order valence-corrected chi connectivity index (χ1v) is 13.3. The van der Waals surface area contributed by atoms with Gasteiger partial charge in [0, 0.05) is 31.9 Å². The molecule has 4 rings (SSSR count). The summed E-state index contributed by atoms with van der Waals surface area (Å²) >= 11 is 0. The number of rotatable bonds is 6. The number of alkyl halides is 3. The zero-order valence-corrected chi connectivity index (χ0v) is 21.9. The molecule has 2 aliphatic heterocycles. The third kappa shape index (κ3) is 6.30. The Bertz CT molecular complexity index is 1120. The Balaban J connectivity index is 1.37. The average Bonchev–Trinajstić information content (AvgIpc) is 3.03. The minimum Gasteiger partial charge on any atom is -0.399 e. The van der Waals surface area contributed by atoms with Crippen LogP contribution in [0, 0.1) is 0 Å². The summed E-state index contributed by atoms with van der Waals surface area (Å²) in [5.41, 5.74) is 1.13. The lowest BCUT2D eigenvalue weighted by Crippen LogP contribution is -2.46. The Morgan fingerprint density at radius 3 is 1.86 bits per heavy atom. The summed E-state index contributed by atoms with van der Waals surface area (Å²) in [7, 11) is -5.80. The standard InChI is InChI=1S/C23H30BF3N3O6P/c1-21(2)22(3,4)36-24(35-21)16-5-7-17(8-6-16)29-11-13-30(14-12-29)18-9-10-19(28-15-18)20(23(25,26)27)34-37(31,32)33/h5-10,15,20H,11-14H2,1-4H3,(H2,31,32,33). The SMILES string of the molecule is CC1(C)OB(c2ccc(N3CCN(c4ccc(C(OP(=O)(O)O)C(F)(F)F)nc4)CC3)cc2)OC1(C)C. The van der Waals surface area contributed by atoms with Crippen LogP contribution in [-0.2, 0) is 18.4 Å². The second kappa shape index (κ2) is 9.87. The number of aromatic nitrogens is 1. The molecular formula is C23H30BF3N3O6P. The molecule has 202 valence electrons. The largest absolute Gasteiger partial charge is 0.494 e. The van der Waals surface area contributed by atoms with Crippen LogP contribution in [0.25, 0.3) is 0 Å². The van der Waals surface area contributed by atoms with Crippen molar-refractivity contribution in [3.63, 3.8) is 0 Å². The molecule has 0 amide bonds. The number of phosphoric ester groups is 1. The van der Waals surface area contributed by atoms with Gasteiger partial charge in [-0.05, 0) is 57.4 Å². The molecule has 2 saturated heterocycles. The average molecular weight is 543 g/mol. The summed E-state index contributed by atoms with van der Waals surface area (Å²) < 4.78 is 66.8. The van der Waals surface area contributed by atoms with Crippen molar-refractivity contribution in [3.05, 3.63) is 48.3 Å². The van der Waals surface area contributed by atoms with E-state index in [0.717, 1.165) is 17.2 Å². The summed E-state index contributed by atoms with van der Waals surface area (Å²) in [6, 6.07) is 10.5. The molecule has 1 unspecified atom stereocenters. The van der Waals surface area contributed by atoms with Gasteiger partial charge in [-0.1, -0.05) is 12.1 Å². The number of hydrogen-bond acceptors (Lipinski definition) is 7. The van der Waals surface area contributed by atoms with Crippen LogP contribution in [0.5, 0.6) is 0 Å². The maximum absolute atomic E-state index is 13.2.